The van der Waals surface area contributed by atoms with Gasteiger partial charge in [-0.3, -0.25) is 4.79 Å². The Bertz CT molecular complexity index is 250. The van der Waals surface area contributed by atoms with Crippen molar-refractivity contribution in [3.63, 3.8) is 0 Å². The molecule has 1 N–H and O–H groups in total. The fraction of sp³-hybridized carbons (Fsp3) is 0.933. The van der Waals surface area contributed by atoms with Crippen molar-refractivity contribution in [2.45, 2.75) is 76.2 Å². The van der Waals surface area contributed by atoms with Gasteiger partial charge in [0.1, 0.15) is 5.78 Å². The average molecular weight is 237 g/mol. The van der Waals surface area contributed by atoms with E-state index in [1.54, 1.807) is 0 Å². The van der Waals surface area contributed by atoms with E-state index in [9.17, 15) is 4.79 Å². The molecule has 2 fully saturated rings. The molecule has 0 bridgehead atoms. The molecule has 2 aliphatic rings. The summed E-state index contributed by atoms with van der Waals surface area (Å²) < 4.78 is 0. The van der Waals surface area contributed by atoms with Crippen LogP contribution >= 0.6 is 0 Å². The number of Topliss-reactive ketones (excluding diaryl/α,β-unsaturated/α-hetero) is 1. The van der Waals surface area contributed by atoms with Crippen LogP contribution in [0.2, 0.25) is 0 Å². The number of carbonyl (C=O) groups excluding carboxylic acids is 1. The number of ketones is 1. The molecule has 0 amide bonds. The maximum absolute atomic E-state index is 12.2. The molecule has 0 aromatic carbocycles. The van der Waals surface area contributed by atoms with Gasteiger partial charge in [0.2, 0.25) is 0 Å². The number of hydrogen-bond acceptors (Lipinski definition) is 2. The second kappa shape index (κ2) is 5.99. The molecule has 0 aromatic rings. The lowest BCUT2D eigenvalue weighted by Gasteiger charge is -2.37. The van der Waals surface area contributed by atoms with Crippen molar-refractivity contribution in [3.8, 4) is 0 Å². The first-order valence-electron chi connectivity index (χ1n) is 7.45. The first-order valence-corrected chi connectivity index (χ1v) is 7.45. The molecule has 0 saturated heterocycles. The van der Waals surface area contributed by atoms with Crippen molar-refractivity contribution in [1.29, 1.82) is 0 Å². The molecule has 0 atom stereocenters. The summed E-state index contributed by atoms with van der Waals surface area (Å²) in [5, 5.41) is 3.45. The van der Waals surface area contributed by atoms with Crippen LogP contribution in [0.25, 0.3) is 0 Å². The minimum atomic E-state index is 0.147. The van der Waals surface area contributed by atoms with Gasteiger partial charge in [0.15, 0.2) is 0 Å². The lowest BCUT2D eigenvalue weighted by molar-refractivity contribution is -0.121. The number of rotatable bonds is 5. The van der Waals surface area contributed by atoms with Crippen LogP contribution in [-0.4, -0.2) is 18.4 Å². The minimum Gasteiger partial charge on any atom is -0.314 e. The van der Waals surface area contributed by atoms with E-state index in [0.29, 0.717) is 11.7 Å². The molecule has 0 heterocycles. The Hall–Kier alpha value is -0.370. The van der Waals surface area contributed by atoms with Gasteiger partial charge < -0.3 is 5.32 Å². The van der Waals surface area contributed by atoms with Crippen LogP contribution in [0.15, 0.2) is 0 Å². The SMILES string of the molecule is CNC1(CC(=O)CC2CCCC2)CCCCC1. The topological polar surface area (TPSA) is 29.1 Å². The van der Waals surface area contributed by atoms with Crippen molar-refractivity contribution in [2.24, 2.45) is 5.92 Å². The molecule has 2 nitrogen and oxygen atoms in total. The Morgan fingerprint density at radius 1 is 1.12 bits per heavy atom. The van der Waals surface area contributed by atoms with E-state index < -0.39 is 0 Å². The summed E-state index contributed by atoms with van der Waals surface area (Å²) in [7, 11) is 2.04. The van der Waals surface area contributed by atoms with Crippen LogP contribution in [0.5, 0.6) is 0 Å². The summed E-state index contributed by atoms with van der Waals surface area (Å²) in [5.41, 5.74) is 0.147. The number of hydrogen-bond donors (Lipinski definition) is 1. The monoisotopic (exact) mass is 237 g/mol. The van der Waals surface area contributed by atoms with E-state index in [-0.39, 0.29) is 5.54 Å². The fourth-order valence-electron chi connectivity index (χ4n) is 3.73. The lowest BCUT2D eigenvalue weighted by atomic mass is 9.77. The maximum atomic E-state index is 12.2. The summed E-state index contributed by atoms with van der Waals surface area (Å²) in [5.74, 6) is 1.22. The molecule has 2 heteroatoms. The molecule has 2 rings (SSSR count). The predicted octanol–water partition coefficient (Wildman–Crippen LogP) is 3.45. The van der Waals surface area contributed by atoms with Gasteiger partial charge in [0, 0.05) is 18.4 Å². The first-order chi connectivity index (χ1) is 8.24. The van der Waals surface area contributed by atoms with Gasteiger partial charge in [-0.25, -0.2) is 0 Å². The maximum Gasteiger partial charge on any atom is 0.135 e. The highest BCUT2D eigenvalue weighted by atomic mass is 16.1. The predicted molar refractivity (Wildman–Crippen MR) is 71.1 cm³/mol. The Balaban J connectivity index is 1.82. The first kappa shape index (κ1) is 13.1. The van der Waals surface area contributed by atoms with E-state index in [1.165, 1.54) is 57.8 Å². The van der Waals surface area contributed by atoms with Gasteiger partial charge in [-0.1, -0.05) is 44.9 Å². The third kappa shape index (κ3) is 3.54. The van der Waals surface area contributed by atoms with Crippen LogP contribution in [0, 0.1) is 5.92 Å². The van der Waals surface area contributed by atoms with Crippen LogP contribution in [-0.2, 0) is 4.79 Å². The molecule has 0 unspecified atom stereocenters. The molecule has 2 aliphatic carbocycles. The van der Waals surface area contributed by atoms with Crippen LogP contribution in [0.1, 0.15) is 70.6 Å². The van der Waals surface area contributed by atoms with Gasteiger partial charge >= 0.3 is 0 Å². The van der Waals surface area contributed by atoms with E-state index in [1.807, 2.05) is 7.05 Å². The Labute approximate surface area is 106 Å². The average Bonchev–Trinajstić information content (AvgIpc) is 2.83. The van der Waals surface area contributed by atoms with Crippen LogP contribution in [0.4, 0.5) is 0 Å². The standard InChI is InChI=1S/C15H27NO/c1-16-15(9-5-2-6-10-15)12-14(17)11-13-7-3-4-8-13/h13,16H,2-12H2,1H3. The molecular weight excluding hydrogens is 210 g/mol. The highest BCUT2D eigenvalue weighted by Crippen LogP contribution is 2.33. The zero-order valence-electron chi connectivity index (χ0n) is 11.3. The molecule has 0 spiro atoms. The molecule has 0 aromatic heterocycles. The lowest BCUT2D eigenvalue weighted by Crippen LogP contribution is -2.46. The van der Waals surface area contributed by atoms with Gasteiger partial charge in [-0.05, 0) is 25.8 Å². The largest absolute Gasteiger partial charge is 0.314 e. The van der Waals surface area contributed by atoms with Crippen molar-refractivity contribution in [3.05, 3.63) is 0 Å². The third-order valence-corrected chi connectivity index (χ3v) is 4.87. The van der Waals surface area contributed by atoms with Crippen LogP contribution < -0.4 is 5.32 Å². The van der Waals surface area contributed by atoms with Crippen molar-refractivity contribution in [2.75, 3.05) is 7.05 Å². The summed E-state index contributed by atoms with van der Waals surface area (Å²) in [4.78, 5) is 12.2. The normalized spacial score (nSPS) is 25.0. The van der Waals surface area contributed by atoms with Gasteiger partial charge in [0.05, 0.1) is 0 Å². The Morgan fingerprint density at radius 3 is 2.35 bits per heavy atom. The van der Waals surface area contributed by atoms with E-state index in [0.717, 1.165) is 12.8 Å². The molecular formula is C15H27NO. The van der Waals surface area contributed by atoms with E-state index in [2.05, 4.69) is 5.32 Å². The summed E-state index contributed by atoms with van der Waals surface area (Å²) >= 11 is 0. The fourth-order valence-corrected chi connectivity index (χ4v) is 3.73. The smallest absolute Gasteiger partial charge is 0.135 e. The molecule has 17 heavy (non-hydrogen) atoms. The summed E-state index contributed by atoms with van der Waals surface area (Å²) in [6.07, 6.45) is 13.2. The second-order valence-electron chi connectivity index (χ2n) is 6.16. The molecule has 98 valence electrons. The minimum absolute atomic E-state index is 0.147. The summed E-state index contributed by atoms with van der Waals surface area (Å²) in [6, 6.07) is 0. The summed E-state index contributed by atoms with van der Waals surface area (Å²) in [6.45, 7) is 0. The molecule has 2 saturated carbocycles. The van der Waals surface area contributed by atoms with Crippen molar-refractivity contribution >= 4 is 5.78 Å². The Kier molecular flexibility index (Phi) is 4.61. The van der Waals surface area contributed by atoms with Crippen LogP contribution in [0.3, 0.4) is 0 Å². The molecule has 0 aliphatic heterocycles. The molecule has 0 radical (unpaired) electrons. The highest BCUT2D eigenvalue weighted by molar-refractivity contribution is 5.80. The van der Waals surface area contributed by atoms with E-state index >= 15 is 0 Å². The quantitative estimate of drug-likeness (QED) is 0.793. The third-order valence-electron chi connectivity index (χ3n) is 4.87. The number of nitrogens with one attached hydrogen (secondary N) is 1. The van der Waals surface area contributed by atoms with E-state index in [4.69, 9.17) is 0 Å². The number of carbonyl (C=O) groups is 1. The van der Waals surface area contributed by atoms with Gasteiger partial charge in [-0.2, -0.15) is 0 Å². The zero-order valence-corrected chi connectivity index (χ0v) is 11.3. The second-order valence-corrected chi connectivity index (χ2v) is 6.16. The zero-order chi connectivity index (χ0) is 12.1. The highest BCUT2D eigenvalue weighted by Gasteiger charge is 2.33. The van der Waals surface area contributed by atoms with Crippen molar-refractivity contribution < 1.29 is 4.79 Å². The van der Waals surface area contributed by atoms with Gasteiger partial charge in [0.25, 0.3) is 0 Å². The van der Waals surface area contributed by atoms with Crippen molar-refractivity contribution in [1.82, 2.24) is 5.32 Å². The Morgan fingerprint density at radius 2 is 1.76 bits per heavy atom. The van der Waals surface area contributed by atoms with Gasteiger partial charge in [-0.15, -0.1) is 0 Å².